The van der Waals surface area contributed by atoms with E-state index in [0.717, 1.165) is 5.56 Å². The van der Waals surface area contributed by atoms with Gasteiger partial charge in [-0.2, -0.15) is 0 Å². The SMILES string of the molecule is CCc1cccc(C=Nc2ccc3c(c2)OCO3)c1C(=O)O.CNC. The van der Waals surface area contributed by atoms with Crippen LogP contribution in [0.25, 0.3) is 0 Å². The number of aryl methyl sites for hydroxylation is 1. The minimum atomic E-state index is -0.940. The molecule has 6 nitrogen and oxygen atoms in total. The fourth-order valence-electron chi connectivity index (χ4n) is 2.39. The third kappa shape index (κ3) is 4.58. The average molecular weight is 342 g/mol. The highest BCUT2D eigenvalue weighted by molar-refractivity contribution is 6.00. The normalized spacial score (nSPS) is 12.0. The highest BCUT2D eigenvalue weighted by Gasteiger charge is 2.14. The number of benzene rings is 2. The molecule has 0 saturated heterocycles. The molecule has 3 rings (SSSR count). The molecule has 0 atom stereocenters. The van der Waals surface area contributed by atoms with E-state index < -0.39 is 5.97 Å². The zero-order chi connectivity index (χ0) is 18.2. The van der Waals surface area contributed by atoms with Crippen LogP contribution in [0.2, 0.25) is 0 Å². The molecule has 0 unspecified atom stereocenters. The molecule has 0 saturated carbocycles. The largest absolute Gasteiger partial charge is 0.478 e. The number of fused-ring (bicyclic) bond motifs is 1. The number of nitrogens with one attached hydrogen (secondary N) is 1. The number of carbonyl (C=O) groups is 1. The van der Waals surface area contributed by atoms with E-state index in [2.05, 4.69) is 10.3 Å². The van der Waals surface area contributed by atoms with E-state index in [1.165, 1.54) is 0 Å². The number of hydrogen-bond donors (Lipinski definition) is 2. The second-order valence-electron chi connectivity index (χ2n) is 5.34. The number of aromatic carboxylic acids is 1. The zero-order valence-electron chi connectivity index (χ0n) is 14.6. The summed E-state index contributed by atoms with van der Waals surface area (Å²) in [5, 5.41) is 12.2. The maximum Gasteiger partial charge on any atom is 0.336 e. The Bertz CT molecular complexity index is 772. The van der Waals surface area contributed by atoms with Crippen molar-refractivity contribution in [3.63, 3.8) is 0 Å². The van der Waals surface area contributed by atoms with Gasteiger partial charge >= 0.3 is 5.97 Å². The lowest BCUT2D eigenvalue weighted by molar-refractivity contribution is 0.0695. The van der Waals surface area contributed by atoms with Crippen LogP contribution in [-0.2, 0) is 6.42 Å². The smallest absolute Gasteiger partial charge is 0.336 e. The monoisotopic (exact) mass is 342 g/mol. The fourth-order valence-corrected chi connectivity index (χ4v) is 2.39. The van der Waals surface area contributed by atoms with Gasteiger partial charge in [0, 0.05) is 17.8 Å². The van der Waals surface area contributed by atoms with Crippen molar-refractivity contribution in [3.8, 4) is 11.5 Å². The topological polar surface area (TPSA) is 80.2 Å². The van der Waals surface area contributed by atoms with Gasteiger partial charge in [0.15, 0.2) is 11.5 Å². The van der Waals surface area contributed by atoms with Gasteiger partial charge in [-0.25, -0.2) is 4.79 Å². The van der Waals surface area contributed by atoms with Crippen LogP contribution in [0.1, 0.15) is 28.4 Å². The van der Waals surface area contributed by atoms with Crippen LogP contribution in [0.4, 0.5) is 5.69 Å². The van der Waals surface area contributed by atoms with Gasteiger partial charge in [0.05, 0.1) is 11.3 Å². The van der Waals surface area contributed by atoms with Crippen LogP contribution in [-0.4, -0.2) is 38.2 Å². The number of rotatable bonds is 4. The minimum absolute atomic E-state index is 0.213. The molecular formula is C19H22N2O4. The first-order valence-electron chi connectivity index (χ1n) is 7.98. The minimum Gasteiger partial charge on any atom is -0.478 e. The molecule has 1 aliphatic heterocycles. The molecule has 0 amide bonds. The van der Waals surface area contributed by atoms with Gasteiger partial charge < -0.3 is 19.9 Å². The Morgan fingerprint density at radius 1 is 1.24 bits per heavy atom. The quantitative estimate of drug-likeness (QED) is 0.834. The highest BCUT2D eigenvalue weighted by atomic mass is 16.7. The van der Waals surface area contributed by atoms with Gasteiger partial charge in [0.1, 0.15) is 0 Å². The van der Waals surface area contributed by atoms with E-state index in [1.54, 1.807) is 30.5 Å². The van der Waals surface area contributed by atoms with Crippen molar-refractivity contribution >= 4 is 17.9 Å². The lowest BCUT2D eigenvalue weighted by Crippen LogP contribution is -2.06. The van der Waals surface area contributed by atoms with Crippen molar-refractivity contribution in [1.82, 2.24) is 5.32 Å². The number of nitrogens with zero attached hydrogens (tertiary/aromatic N) is 1. The predicted octanol–water partition coefficient (Wildman–Crippen LogP) is 3.26. The molecule has 1 heterocycles. The number of carboxylic acid groups (broad SMARTS) is 1. The second kappa shape index (κ2) is 8.84. The van der Waals surface area contributed by atoms with Crippen LogP contribution in [0.15, 0.2) is 41.4 Å². The van der Waals surface area contributed by atoms with Crippen LogP contribution in [0.5, 0.6) is 11.5 Å². The van der Waals surface area contributed by atoms with Gasteiger partial charge in [-0.15, -0.1) is 0 Å². The van der Waals surface area contributed by atoms with Crippen molar-refractivity contribution in [2.75, 3.05) is 20.9 Å². The lowest BCUT2D eigenvalue weighted by atomic mass is 10.00. The molecular weight excluding hydrogens is 320 g/mol. The van der Waals surface area contributed by atoms with Gasteiger partial charge in [-0.05, 0) is 38.2 Å². The van der Waals surface area contributed by atoms with Crippen LogP contribution < -0.4 is 14.8 Å². The first kappa shape index (κ1) is 18.5. The molecule has 0 aliphatic carbocycles. The summed E-state index contributed by atoms with van der Waals surface area (Å²) in [5.74, 6) is 0.401. The molecule has 1 aliphatic rings. The summed E-state index contributed by atoms with van der Waals surface area (Å²) >= 11 is 0. The van der Waals surface area contributed by atoms with Crippen LogP contribution in [0.3, 0.4) is 0 Å². The summed E-state index contributed by atoms with van der Waals surface area (Å²) in [6, 6.07) is 10.8. The molecule has 0 spiro atoms. The van der Waals surface area contributed by atoms with E-state index in [0.29, 0.717) is 34.7 Å². The molecule has 25 heavy (non-hydrogen) atoms. The van der Waals surface area contributed by atoms with E-state index in [9.17, 15) is 9.90 Å². The Morgan fingerprint density at radius 2 is 1.96 bits per heavy atom. The van der Waals surface area contributed by atoms with Gasteiger partial charge in [-0.1, -0.05) is 25.1 Å². The van der Waals surface area contributed by atoms with Crippen LogP contribution in [0, 0.1) is 0 Å². The Kier molecular flexibility index (Phi) is 6.54. The Balaban J connectivity index is 0.000000701. The van der Waals surface area contributed by atoms with Gasteiger partial charge in [-0.3, -0.25) is 4.99 Å². The Labute approximate surface area is 147 Å². The van der Waals surface area contributed by atoms with Gasteiger partial charge in [0.2, 0.25) is 6.79 Å². The maximum atomic E-state index is 11.5. The van der Waals surface area contributed by atoms with Crippen molar-refractivity contribution in [2.24, 2.45) is 4.99 Å². The number of aliphatic imine (C=N–C) groups is 1. The fraction of sp³-hybridized carbons (Fsp3) is 0.263. The molecule has 0 aromatic heterocycles. The predicted molar refractivity (Wildman–Crippen MR) is 97.6 cm³/mol. The first-order chi connectivity index (χ1) is 12.1. The molecule has 2 aromatic carbocycles. The number of carboxylic acids is 1. The summed E-state index contributed by atoms with van der Waals surface area (Å²) in [7, 11) is 3.75. The maximum absolute atomic E-state index is 11.5. The third-order valence-corrected chi connectivity index (χ3v) is 3.49. The van der Waals surface area contributed by atoms with E-state index in [-0.39, 0.29) is 6.79 Å². The van der Waals surface area contributed by atoms with Crippen molar-refractivity contribution in [2.45, 2.75) is 13.3 Å². The molecule has 2 N–H and O–H groups in total. The first-order valence-corrected chi connectivity index (χ1v) is 7.98. The zero-order valence-corrected chi connectivity index (χ0v) is 14.6. The third-order valence-electron chi connectivity index (χ3n) is 3.49. The summed E-state index contributed by atoms with van der Waals surface area (Å²) in [4.78, 5) is 15.8. The second-order valence-corrected chi connectivity index (χ2v) is 5.34. The van der Waals surface area contributed by atoms with Crippen LogP contribution >= 0.6 is 0 Å². The van der Waals surface area contributed by atoms with E-state index in [4.69, 9.17) is 9.47 Å². The Morgan fingerprint density at radius 3 is 2.64 bits per heavy atom. The highest BCUT2D eigenvalue weighted by Crippen LogP contribution is 2.35. The molecule has 2 aromatic rings. The standard InChI is InChI=1S/C17H15NO4.C2H7N/c1-2-11-4-3-5-12(16(11)17(19)20)9-18-13-6-7-14-15(8-13)22-10-21-14;1-3-2/h3-9H,2,10H2,1H3,(H,19,20);3H,1-2H3. The molecule has 0 bridgehead atoms. The van der Waals surface area contributed by atoms with Gasteiger partial charge in [0.25, 0.3) is 0 Å². The van der Waals surface area contributed by atoms with Crippen molar-refractivity contribution in [3.05, 3.63) is 53.1 Å². The average Bonchev–Trinajstić information content (AvgIpc) is 3.07. The van der Waals surface area contributed by atoms with E-state index in [1.807, 2.05) is 33.2 Å². The molecule has 6 heteroatoms. The molecule has 0 radical (unpaired) electrons. The number of hydrogen-bond acceptors (Lipinski definition) is 5. The summed E-state index contributed by atoms with van der Waals surface area (Å²) in [6.45, 7) is 2.14. The summed E-state index contributed by atoms with van der Waals surface area (Å²) in [5.41, 5.74) is 2.36. The van der Waals surface area contributed by atoms with Crippen molar-refractivity contribution < 1.29 is 19.4 Å². The summed E-state index contributed by atoms with van der Waals surface area (Å²) in [6.07, 6.45) is 2.23. The summed E-state index contributed by atoms with van der Waals surface area (Å²) < 4.78 is 10.5. The Hall–Kier alpha value is -2.86. The van der Waals surface area contributed by atoms with E-state index >= 15 is 0 Å². The van der Waals surface area contributed by atoms with Crippen molar-refractivity contribution in [1.29, 1.82) is 0 Å². The lowest BCUT2D eigenvalue weighted by Gasteiger charge is -2.06. The molecule has 0 fully saturated rings. The molecule has 132 valence electrons. The number of ether oxygens (including phenoxy) is 2.